The van der Waals surface area contributed by atoms with E-state index in [4.69, 9.17) is 9.31 Å². The molecule has 0 saturated carbocycles. The lowest BCUT2D eigenvalue weighted by Gasteiger charge is -2.34. The molecule has 1 N–H and O–H groups in total. The highest BCUT2D eigenvalue weighted by atomic mass is 127. The lowest BCUT2D eigenvalue weighted by atomic mass is 10.00. The number of rotatable bonds is 6. The summed E-state index contributed by atoms with van der Waals surface area (Å²) in [5.74, 6) is -0.478. The van der Waals surface area contributed by atoms with Gasteiger partial charge in [0.2, 0.25) is 0 Å². The van der Waals surface area contributed by atoms with E-state index in [9.17, 15) is 18.7 Å². The minimum absolute atomic E-state index is 0.0897. The van der Waals surface area contributed by atoms with Crippen molar-refractivity contribution in [3.63, 3.8) is 0 Å². The molecule has 0 aliphatic carbocycles. The van der Waals surface area contributed by atoms with Crippen LogP contribution in [-0.2, 0) is 22.2 Å². The van der Waals surface area contributed by atoms with Gasteiger partial charge >= 0.3 is 12.9 Å². The van der Waals surface area contributed by atoms with Crippen molar-refractivity contribution in [3.05, 3.63) is 55.6 Å². The maximum Gasteiger partial charge on any atom is 0.726 e. The number of aliphatic imine (C=N–C) groups is 1. The molecule has 0 unspecified atom stereocenters. The maximum absolute atomic E-state index is 14.5. The summed E-state index contributed by atoms with van der Waals surface area (Å²) in [4.78, 5) is 18.0. The molecule has 7 nitrogen and oxygen atoms in total. The third kappa shape index (κ3) is 3.91. The molecule has 30 heavy (non-hydrogen) atoms. The first-order chi connectivity index (χ1) is 14.2. The molecule has 2 aliphatic heterocycles. The van der Waals surface area contributed by atoms with Crippen LogP contribution in [-0.4, -0.2) is 20.7 Å². The summed E-state index contributed by atoms with van der Waals surface area (Å²) >= 11 is 2.09. The van der Waals surface area contributed by atoms with E-state index in [1.165, 1.54) is 6.08 Å². The van der Waals surface area contributed by atoms with Crippen molar-refractivity contribution in [2.45, 2.75) is 53.4 Å². The summed E-state index contributed by atoms with van der Waals surface area (Å²) in [6, 6.07) is 0. The fourth-order valence-electron chi connectivity index (χ4n) is 3.91. The SMILES string of the molecule is CCC1=C(CC)/C(=C2/C=C(c3[nH]c([N+](=O)[O-])c(CC)c3CC)O[B-](F)(F)O2)N=C1I. The van der Waals surface area contributed by atoms with Crippen LogP contribution in [0.5, 0.6) is 0 Å². The van der Waals surface area contributed by atoms with Gasteiger partial charge in [-0.15, -0.1) is 0 Å². The lowest BCUT2D eigenvalue weighted by molar-refractivity contribution is -0.389. The van der Waals surface area contributed by atoms with Crippen molar-refractivity contribution in [1.29, 1.82) is 0 Å². The number of aromatic nitrogens is 1. The van der Waals surface area contributed by atoms with E-state index >= 15 is 0 Å². The highest BCUT2D eigenvalue weighted by Crippen LogP contribution is 2.41. The molecular formula is C19H22BF2IN3O4-. The second-order valence-corrected chi connectivity index (χ2v) is 7.85. The lowest BCUT2D eigenvalue weighted by Crippen LogP contribution is -2.34. The van der Waals surface area contributed by atoms with Crippen LogP contribution >= 0.6 is 22.6 Å². The minimum Gasteiger partial charge on any atom is -0.626 e. The normalized spacial score (nSPS) is 20.6. The molecule has 0 spiro atoms. The Labute approximate surface area is 186 Å². The molecule has 0 fully saturated rings. The Bertz CT molecular complexity index is 1030. The van der Waals surface area contributed by atoms with Crippen molar-refractivity contribution in [3.8, 4) is 0 Å². The molecule has 0 radical (unpaired) electrons. The Kier molecular flexibility index (Phi) is 6.39. The summed E-state index contributed by atoms with van der Waals surface area (Å²) in [7, 11) is -4.66. The van der Waals surface area contributed by atoms with Crippen LogP contribution in [0.15, 0.2) is 33.7 Å². The smallest absolute Gasteiger partial charge is 0.626 e. The Hall–Kier alpha value is -2.18. The van der Waals surface area contributed by atoms with E-state index in [1.807, 2.05) is 20.8 Å². The molecule has 1 aromatic heterocycles. The molecule has 0 aromatic carbocycles. The number of nitro groups is 1. The van der Waals surface area contributed by atoms with E-state index in [0.29, 0.717) is 36.1 Å². The topological polar surface area (TPSA) is 89.8 Å². The Morgan fingerprint density at radius 1 is 1.10 bits per heavy atom. The van der Waals surface area contributed by atoms with E-state index in [0.717, 1.165) is 21.3 Å². The fourth-order valence-corrected chi connectivity index (χ4v) is 4.85. The van der Waals surface area contributed by atoms with E-state index in [2.05, 4.69) is 32.6 Å². The number of hydrogen-bond acceptors (Lipinski definition) is 5. The molecule has 0 bridgehead atoms. The van der Waals surface area contributed by atoms with Gasteiger partial charge in [-0.05, 0) is 64.3 Å². The number of nitrogens with one attached hydrogen (secondary N) is 1. The summed E-state index contributed by atoms with van der Waals surface area (Å²) in [5.41, 5.74) is 3.45. The van der Waals surface area contributed by atoms with Gasteiger partial charge in [-0.1, -0.05) is 27.7 Å². The van der Waals surface area contributed by atoms with Crippen LogP contribution in [0.25, 0.3) is 5.76 Å². The fraction of sp³-hybridized carbons (Fsp3) is 0.421. The van der Waals surface area contributed by atoms with Crippen LogP contribution in [0.2, 0.25) is 0 Å². The number of aromatic amines is 1. The van der Waals surface area contributed by atoms with Crippen LogP contribution in [0.4, 0.5) is 14.4 Å². The van der Waals surface area contributed by atoms with Gasteiger partial charge in [0, 0.05) is 11.6 Å². The van der Waals surface area contributed by atoms with Crippen LogP contribution in [0.3, 0.4) is 0 Å². The Balaban J connectivity index is 2.24. The number of hydrogen-bond donors (Lipinski definition) is 1. The maximum atomic E-state index is 14.5. The highest BCUT2D eigenvalue weighted by Gasteiger charge is 2.41. The largest absolute Gasteiger partial charge is 0.726 e. The second kappa shape index (κ2) is 8.52. The van der Waals surface area contributed by atoms with Gasteiger partial charge in [0.15, 0.2) is 5.69 Å². The van der Waals surface area contributed by atoms with Crippen molar-refractivity contribution >= 4 is 45.0 Å². The third-order valence-corrected chi connectivity index (χ3v) is 6.06. The highest BCUT2D eigenvalue weighted by molar-refractivity contribution is 14.1. The molecule has 162 valence electrons. The minimum atomic E-state index is -4.66. The summed E-state index contributed by atoms with van der Waals surface area (Å²) < 4.78 is 39.4. The molecule has 0 saturated heterocycles. The van der Waals surface area contributed by atoms with Crippen LogP contribution in [0, 0.1) is 10.1 Å². The molecule has 2 aliphatic rings. The Morgan fingerprint density at radius 3 is 2.27 bits per heavy atom. The predicted molar refractivity (Wildman–Crippen MR) is 120 cm³/mol. The van der Waals surface area contributed by atoms with Crippen molar-refractivity contribution in [1.82, 2.24) is 4.98 Å². The zero-order valence-electron chi connectivity index (χ0n) is 17.1. The zero-order chi connectivity index (χ0) is 22.2. The number of H-pyrrole nitrogens is 1. The van der Waals surface area contributed by atoms with Crippen LogP contribution in [0.1, 0.15) is 57.4 Å². The Morgan fingerprint density at radius 2 is 1.73 bits per heavy atom. The van der Waals surface area contributed by atoms with Crippen molar-refractivity contribution < 1.29 is 22.9 Å². The summed E-state index contributed by atoms with van der Waals surface area (Å²) in [6.07, 6.45) is 3.49. The van der Waals surface area contributed by atoms with Gasteiger partial charge in [0.1, 0.15) is 20.9 Å². The van der Waals surface area contributed by atoms with E-state index < -0.39 is 12.0 Å². The van der Waals surface area contributed by atoms with Gasteiger partial charge in [-0.2, -0.15) is 0 Å². The molecule has 3 rings (SSSR count). The zero-order valence-corrected chi connectivity index (χ0v) is 19.3. The van der Waals surface area contributed by atoms with Gasteiger partial charge in [-0.25, -0.2) is 9.98 Å². The standard InChI is InChI=1S/C19H22BF2IN3O4/c1-5-10-12(7-3)18(23)24-16(10)14-9-15(30-20(21,22)29-14)17-11(6-2)13(8-4)19(25-17)26(27)28/h9,25H,5-8H2,1-4H3/q-1/b16-14+. The summed E-state index contributed by atoms with van der Waals surface area (Å²) in [6.45, 7) is 7.51. The van der Waals surface area contributed by atoms with E-state index in [-0.39, 0.29) is 23.0 Å². The first-order valence-electron chi connectivity index (χ1n) is 9.86. The monoisotopic (exact) mass is 532 g/mol. The molecular weight excluding hydrogens is 510 g/mol. The van der Waals surface area contributed by atoms with Crippen LogP contribution < -0.4 is 0 Å². The first kappa shape index (κ1) is 22.5. The number of halogens is 3. The van der Waals surface area contributed by atoms with Gasteiger partial charge in [-0.3, -0.25) is 0 Å². The molecule has 1 aromatic rings. The average molecular weight is 532 g/mol. The van der Waals surface area contributed by atoms with Gasteiger partial charge < -0.3 is 28.1 Å². The predicted octanol–water partition coefficient (Wildman–Crippen LogP) is 5.99. The number of nitrogens with zero attached hydrogens (tertiary/aromatic N) is 2. The average Bonchev–Trinajstić information content (AvgIpc) is 3.23. The first-order valence-corrected chi connectivity index (χ1v) is 10.9. The molecule has 0 amide bonds. The second-order valence-electron chi connectivity index (χ2n) is 6.83. The number of allylic oxidation sites excluding steroid dienone is 3. The molecule has 3 heterocycles. The van der Waals surface area contributed by atoms with Gasteiger partial charge in [0.05, 0.1) is 5.56 Å². The van der Waals surface area contributed by atoms with E-state index in [1.54, 1.807) is 6.92 Å². The van der Waals surface area contributed by atoms with Gasteiger partial charge in [0.25, 0.3) is 0 Å². The third-order valence-electron chi connectivity index (χ3n) is 5.17. The van der Waals surface area contributed by atoms with Crippen molar-refractivity contribution in [2.24, 2.45) is 4.99 Å². The molecule has 0 atom stereocenters. The quantitative estimate of drug-likeness (QED) is 0.211. The molecule has 11 heteroatoms. The van der Waals surface area contributed by atoms with Crippen molar-refractivity contribution in [2.75, 3.05) is 0 Å². The summed E-state index contributed by atoms with van der Waals surface area (Å²) in [5, 5.41) is 11.4.